The van der Waals surface area contributed by atoms with Crippen molar-refractivity contribution in [1.82, 2.24) is 4.57 Å². The van der Waals surface area contributed by atoms with Gasteiger partial charge in [0.2, 0.25) is 0 Å². The van der Waals surface area contributed by atoms with E-state index in [0.29, 0.717) is 6.61 Å². The number of fused-ring (bicyclic) bond motifs is 1. The number of carbonyl (C=O) groups is 1. The summed E-state index contributed by atoms with van der Waals surface area (Å²) in [6.45, 7) is 2.42. The van der Waals surface area contributed by atoms with Crippen LogP contribution in [0.4, 0.5) is 10.6 Å². The van der Waals surface area contributed by atoms with E-state index in [4.69, 9.17) is 4.74 Å². The van der Waals surface area contributed by atoms with E-state index >= 15 is 0 Å². The first-order valence-corrected chi connectivity index (χ1v) is 9.41. The standard InChI is InChI=1S/C24H20N2O2/c1-17-11-13-20(14-12-17)25-21-10-6-5-9-19(21)15-23(25)26-22(16-28-24(26)27)18-7-3-2-4-8-18/h2-15,22H,16H2,1H3/t22-/m1/s1. The fraction of sp³-hybridized carbons (Fsp3) is 0.125. The van der Waals surface area contributed by atoms with Crippen LogP contribution in [-0.2, 0) is 4.74 Å². The van der Waals surface area contributed by atoms with Crippen LogP contribution in [0.25, 0.3) is 16.6 Å². The molecule has 0 bridgehead atoms. The molecule has 0 N–H and O–H groups in total. The summed E-state index contributed by atoms with van der Waals surface area (Å²) in [7, 11) is 0. The minimum atomic E-state index is -0.315. The summed E-state index contributed by atoms with van der Waals surface area (Å²) in [5, 5.41) is 1.09. The third-order valence-electron chi connectivity index (χ3n) is 5.29. The second-order valence-corrected chi connectivity index (χ2v) is 7.11. The van der Waals surface area contributed by atoms with Crippen LogP contribution < -0.4 is 4.90 Å². The Morgan fingerprint density at radius 2 is 1.61 bits per heavy atom. The van der Waals surface area contributed by atoms with Crippen LogP contribution in [0.15, 0.2) is 84.9 Å². The predicted molar refractivity (Wildman–Crippen MR) is 111 cm³/mol. The number of para-hydroxylation sites is 1. The Bertz CT molecular complexity index is 1150. The van der Waals surface area contributed by atoms with Crippen LogP contribution in [-0.4, -0.2) is 17.3 Å². The number of rotatable bonds is 3. The van der Waals surface area contributed by atoms with Gasteiger partial charge in [-0.2, -0.15) is 0 Å². The van der Waals surface area contributed by atoms with Gasteiger partial charge in [-0.3, -0.25) is 9.47 Å². The van der Waals surface area contributed by atoms with Gasteiger partial charge in [0.15, 0.2) is 0 Å². The van der Waals surface area contributed by atoms with E-state index in [1.54, 1.807) is 4.90 Å². The Hall–Kier alpha value is -3.53. The van der Waals surface area contributed by atoms with E-state index in [1.165, 1.54) is 5.56 Å². The number of benzene rings is 3. The highest BCUT2D eigenvalue weighted by atomic mass is 16.6. The second kappa shape index (κ2) is 6.57. The largest absolute Gasteiger partial charge is 0.447 e. The summed E-state index contributed by atoms with van der Waals surface area (Å²) in [6.07, 6.45) is -0.315. The lowest BCUT2D eigenvalue weighted by Gasteiger charge is -2.23. The number of carbonyl (C=O) groups excluding carboxylic acids is 1. The lowest BCUT2D eigenvalue weighted by atomic mass is 10.1. The summed E-state index contributed by atoms with van der Waals surface area (Å²) in [5.41, 5.74) is 4.35. The topological polar surface area (TPSA) is 34.5 Å². The van der Waals surface area contributed by atoms with E-state index in [0.717, 1.165) is 28.0 Å². The van der Waals surface area contributed by atoms with Crippen LogP contribution in [0, 0.1) is 6.92 Å². The summed E-state index contributed by atoms with van der Waals surface area (Å²) >= 11 is 0. The highest BCUT2D eigenvalue weighted by Gasteiger charge is 2.37. The monoisotopic (exact) mass is 368 g/mol. The van der Waals surface area contributed by atoms with Crippen LogP contribution in [0.1, 0.15) is 17.2 Å². The van der Waals surface area contributed by atoms with Crippen LogP contribution in [0.2, 0.25) is 0 Å². The quantitative estimate of drug-likeness (QED) is 0.469. The number of hydrogen-bond donors (Lipinski definition) is 0. The zero-order valence-electron chi connectivity index (χ0n) is 15.6. The molecule has 1 atom stereocenters. The Balaban J connectivity index is 1.73. The van der Waals surface area contributed by atoms with Crippen molar-refractivity contribution < 1.29 is 9.53 Å². The Labute approximate surface area is 163 Å². The molecule has 1 saturated heterocycles. The van der Waals surface area contributed by atoms with Crippen molar-refractivity contribution in [2.75, 3.05) is 11.5 Å². The van der Waals surface area contributed by atoms with Gasteiger partial charge in [-0.15, -0.1) is 0 Å². The molecule has 1 aromatic heterocycles. The normalized spacial score (nSPS) is 16.5. The molecule has 3 aromatic carbocycles. The smallest absolute Gasteiger partial charge is 0.416 e. The van der Waals surface area contributed by atoms with Gasteiger partial charge in [0, 0.05) is 11.1 Å². The second-order valence-electron chi connectivity index (χ2n) is 7.11. The number of hydrogen-bond acceptors (Lipinski definition) is 2. The van der Waals surface area contributed by atoms with Gasteiger partial charge in [-0.1, -0.05) is 66.2 Å². The molecule has 4 nitrogen and oxygen atoms in total. The van der Waals surface area contributed by atoms with Crippen molar-refractivity contribution in [3.05, 3.63) is 96.1 Å². The molecule has 2 heterocycles. The highest BCUT2D eigenvalue weighted by molar-refractivity contribution is 5.96. The van der Waals surface area contributed by atoms with Crippen molar-refractivity contribution in [3.8, 4) is 5.69 Å². The van der Waals surface area contributed by atoms with Gasteiger partial charge >= 0.3 is 6.09 Å². The molecule has 0 unspecified atom stereocenters. The molecule has 4 heteroatoms. The van der Waals surface area contributed by atoms with Crippen LogP contribution >= 0.6 is 0 Å². The number of amides is 1. The molecule has 1 aliphatic heterocycles. The number of cyclic esters (lactones) is 1. The first kappa shape index (κ1) is 16.6. The molecule has 0 radical (unpaired) electrons. The van der Waals surface area contributed by atoms with Crippen molar-refractivity contribution in [3.63, 3.8) is 0 Å². The molecular weight excluding hydrogens is 348 g/mol. The van der Waals surface area contributed by atoms with Crippen molar-refractivity contribution >= 4 is 22.8 Å². The minimum Gasteiger partial charge on any atom is -0.447 e. The molecule has 1 fully saturated rings. The summed E-state index contributed by atoms with van der Waals surface area (Å²) in [5.74, 6) is 0.821. The lowest BCUT2D eigenvalue weighted by molar-refractivity contribution is 0.179. The Morgan fingerprint density at radius 1 is 0.893 bits per heavy atom. The van der Waals surface area contributed by atoms with Crippen LogP contribution in [0.3, 0.4) is 0 Å². The SMILES string of the molecule is Cc1ccc(-n2c(N3C(=O)OC[C@@H]3c3ccccc3)cc3ccccc32)cc1. The molecule has 1 amide bonds. The third-order valence-corrected chi connectivity index (χ3v) is 5.29. The number of nitrogens with zero attached hydrogens (tertiary/aromatic N) is 2. The van der Waals surface area contributed by atoms with Gasteiger partial charge in [0.25, 0.3) is 0 Å². The summed E-state index contributed by atoms with van der Waals surface area (Å²) in [6, 6.07) is 28.5. The molecule has 0 spiro atoms. The van der Waals surface area contributed by atoms with E-state index in [9.17, 15) is 4.79 Å². The minimum absolute atomic E-state index is 0.151. The average molecular weight is 368 g/mol. The third kappa shape index (κ3) is 2.65. The fourth-order valence-corrected chi connectivity index (χ4v) is 3.88. The maximum absolute atomic E-state index is 12.8. The van der Waals surface area contributed by atoms with Gasteiger partial charge in [0.05, 0.1) is 5.52 Å². The lowest BCUT2D eigenvalue weighted by Crippen LogP contribution is -2.29. The van der Waals surface area contributed by atoms with Crippen molar-refractivity contribution in [2.45, 2.75) is 13.0 Å². The first-order valence-electron chi connectivity index (χ1n) is 9.41. The fourth-order valence-electron chi connectivity index (χ4n) is 3.88. The molecule has 4 aromatic rings. The van der Waals surface area contributed by atoms with Gasteiger partial charge < -0.3 is 4.74 Å². The van der Waals surface area contributed by atoms with Gasteiger partial charge in [-0.05, 0) is 36.8 Å². The summed E-state index contributed by atoms with van der Waals surface area (Å²) in [4.78, 5) is 14.5. The number of anilines is 1. The zero-order valence-corrected chi connectivity index (χ0v) is 15.6. The van der Waals surface area contributed by atoms with Crippen LogP contribution in [0.5, 0.6) is 0 Å². The van der Waals surface area contributed by atoms with Crippen molar-refractivity contribution in [2.24, 2.45) is 0 Å². The van der Waals surface area contributed by atoms with E-state index in [1.807, 2.05) is 42.5 Å². The molecule has 0 aliphatic carbocycles. The van der Waals surface area contributed by atoms with Gasteiger partial charge in [0.1, 0.15) is 18.5 Å². The Morgan fingerprint density at radius 3 is 2.39 bits per heavy atom. The molecule has 1 aliphatic rings. The molecular formula is C24H20N2O2. The zero-order chi connectivity index (χ0) is 19.1. The maximum Gasteiger partial charge on any atom is 0.416 e. The Kier molecular flexibility index (Phi) is 3.90. The molecule has 5 rings (SSSR count). The molecule has 0 saturated carbocycles. The summed E-state index contributed by atoms with van der Waals surface area (Å²) < 4.78 is 7.60. The first-order chi connectivity index (χ1) is 13.7. The molecule has 28 heavy (non-hydrogen) atoms. The predicted octanol–water partition coefficient (Wildman–Crippen LogP) is 5.64. The number of aryl methyl sites for hydroxylation is 1. The van der Waals surface area contributed by atoms with Gasteiger partial charge in [-0.25, -0.2) is 4.79 Å². The van der Waals surface area contributed by atoms with E-state index in [2.05, 4.69) is 54.0 Å². The average Bonchev–Trinajstić information content (AvgIpc) is 3.29. The van der Waals surface area contributed by atoms with Crippen molar-refractivity contribution in [1.29, 1.82) is 0 Å². The maximum atomic E-state index is 12.8. The number of aromatic nitrogens is 1. The van der Waals surface area contributed by atoms with E-state index < -0.39 is 0 Å². The molecule has 138 valence electrons. The highest BCUT2D eigenvalue weighted by Crippen LogP contribution is 2.38. The number of ether oxygens (including phenoxy) is 1. The van der Waals surface area contributed by atoms with E-state index in [-0.39, 0.29) is 12.1 Å².